The molecule has 0 radical (unpaired) electrons. The van der Waals surface area contributed by atoms with Crippen molar-refractivity contribution in [1.82, 2.24) is 15.0 Å². The van der Waals surface area contributed by atoms with Crippen LogP contribution < -0.4 is 21.3 Å². The van der Waals surface area contributed by atoms with Crippen molar-refractivity contribution in [3.63, 3.8) is 0 Å². The maximum absolute atomic E-state index is 5.42. The molecule has 0 saturated carbocycles. The fourth-order valence-electron chi connectivity index (χ4n) is 1.58. The number of halogens is 1. The van der Waals surface area contributed by atoms with Crippen molar-refractivity contribution in [2.45, 2.75) is 20.3 Å². The molecule has 21 heavy (non-hydrogen) atoms. The van der Waals surface area contributed by atoms with Crippen LogP contribution in [0.3, 0.4) is 0 Å². The first-order chi connectivity index (χ1) is 10.1. The van der Waals surface area contributed by atoms with Gasteiger partial charge in [-0.2, -0.15) is 15.0 Å². The topological polar surface area (TPSA) is 98.0 Å². The summed E-state index contributed by atoms with van der Waals surface area (Å²) in [6.45, 7) is 4.55. The fourth-order valence-corrected chi connectivity index (χ4v) is 2.17. The number of hydrogen-bond donors (Lipinski definition) is 3. The quantitative estimate of drug-likeness (QED) is 0.543. The van der Waals surface area contributed by atoms with Gasteiger partial charge in [0.05, 0.1) is 12.3 Å². The number of hydrazine groups is 1. The van der Waals surface area contributed by atoms with E-state index in [2.05, 4.69) is 41.6 Å². The maximum Gasteiger partial charge on any atom is 0.323 e. The van der Waals surface area contributed by atoms with E-state index in [1.54, 1.807) is 0 Å². The molecule has 1 heterocycles. The summed E-state index contributed by atoms with van der Waals surface area (Å²) in [7, 11) is 0. The molecule has 0 amide bonds. The number of aryl methyl sites for hydroxylation is 1. The summed E-state index contributed by atoms with van der Waals surface area (Å²) < 4.78 is 6.33. The summed E-state index contributed by atoms with van der Waals surface area (Å²) in [5.74, 6) is 5.96. The van der Waals surface area contributed by atoms with E-state index in [9.17, 15) is 0 Å². The van der Waals surface area contributed by atoms with E-state index in [0.29, 0.717) is 12.6 Å². The molecule has 0 bridgehead atoms. The van der Waals surface area contributed by atoms with Crippen LogP contribution >= 0.6 is 15.9 Å². The number of ether oxygens (including phenoxy) is 1. The van der Waals surface area contributed by atoms with E-state index in [4.69, 9.17) is 10.6 Å². The lowest BCUT2D eigenvalue weighted by Gasteiger charge is -2.10. The molecule has 4 N–H and O–H groups in total. The average molecular weight is 353 g/mol. The number of anilines is 3. The monoisotopic (exact) mass is 352 g/mol. The van der Waals surface area contributed by atoms with Crippen LogP contribution in [-0.2, 0) is 0 Å². The zero-order valence-electron chi connectivity index (χ0n) is 11.9. The van der Waals surface area contributed by atoms with Crippen molar-refractivity contribution in [1.29, 1.82) is 0 Å². The summed E-state index contributed by atoms with van der Waals surface area (Å²) in [5.41, 5.74) is 4.40. The van der Waals surface area contributed by atoms with Gasteiger partial charge in [-0.05, 0) is 47.0 Å². The molecule has 2 aromatic rings. The van der Waals surface area contributed by atoms with Crippen molar-refractivity contribution in [2.24, 2.45) is 5.84 Å². The molecule has 1 aromatic carbocycles. The second kappa shape index (κ2) is 7.19. The van der Waals surface area contributed by atoms with Crippen molar-refractivity contribution < 1.29 is 4.74 Å². The largest absolute Gasteiger partial charge is 0.463 e. The Balaban J connectivity index is 2.25. The average Bonchev–Trinajstić information content (AvgIpc) is 2.48. The third kappa shape index (κ3) is 4.27. The summed E-state index contributed by atoms with van der Waals surface area (Å²) in [4.78, 5) is 12.4. The molecule has 0 atom stereocenters. The van der Waals surface area contributed by atoms with Gasteiger partial charge in [-0.25, -0.2) is 5.84 Å². The first-order valence-electron chi connectivity index (χ1n) is 6.51. The number of nitrogens with zero attached hydrogens (tertiary/aromatic N) is 3. The summed E-state index contributed by atoms with van der Waals surface area (Å²) in [6, 6.07) is 6.15. The van der Waals surface area contributed by atoms with E-state index in [1.165, 1.54) is 0 Å². The number of nitrogens with one attached hydrogen (secondary N) is 2. The Morgan fingerprint density at radius 2 is 2.00 bits per heavy atom. The van der Waals surface area contributed by atoms with Gasteiger partial charge >= 0.3 is 6.01 Å². The lowest BCUT2D eigenvalue weighted by atomic mass is 10.2. The molecule has 0 fully saturated rings. The Kier molecular flexibility index (Phi) is 5.29. The minimum atomic E-state index is 0.227. The Morgan fingerprint density at radius 3 is 2.67 bits per heavy atom. The molecule has 0 aliphatic heterocycles. The molecule has 7 nitrogen and oxygen atoms in total. The molecule has 0 saturated heterocycles. The van der Waals surface area contributed by atoms with Crippen LogP contribution in [0.25, 0.3) is 0 Å². The van der Waals surface area contributed by atoms with Crippen molar-refractivity contribution >= 4 is 33.5 Å². The van der Waals surface area contributed by atoms with Crippen LogP contribution in [0.1, 0.15) is 18.9 Å². The maximum atomic E-state index is 5.42. The number of rotatable bonds is 6. The van der Waals surface area contributed by atoms with Crippen LogP contribution in [0.15, 0.2) is 22.7 Å². The highest BCUT2D eigenvalue weighted by Crippen LogP contribution is 2.26. The standard InChI is InChI=1S/C13H17BrN6O/c1-3-6-21-13-18-11(17-12(19-13)20-15)16-10-5-4-8(2)7-9(10)14/h4-5,7H,3,6,15H2,1-2H3,(H2,16,17,18,19,20). The second-order valence-electron chi connectivity index (χ2n) is 4.37. The molecule has 112 valence electrons. The molecule has 0 aliphatic carbocycles. The Morgan fingerprint density at radius 1 is 1.24 bits per heavy atom. The van der Waals surface area contributed by atoms with Crippen molar-refractivity contribution in [3.05, 3.63) is 28.2 Å². The van der Waals surface area contributed by atoms with Crippen LogP contribution in [0.2, 0.25) is 0 Å². The number of nitrogen functional groups attached to an aromatic ring is 1. The van der Waals surface area contributed by atoms with Gasteiger partial charge in [-0.3, -0.25) is 5.43 Å². The van der Waals surface area contributed by atoms with Crippen molar-refractivity contribution in [2.75, 3.05) is 17.3 Å². The lowest BCUT2D eigenvalue weighted by Crippen LogP contribution is -2.14. The number of hydrogen-bond acceptors (Lipinski definition) is 7. The zero-order valence-corrected chi connectivity index (χ0v) is 13.4. The third-order valence-corrected chi connectivity index (χ3v) is 3.21. The zero-order chi connectivity index (χ0) is 15.2. The molecule has 2 rings (SSSR count). The molecular formula is C13H17BrN6O. The second-order valence-corrected chi connectivity index (χ2v) is 5.22. The Bertz CT molecular complexity index is 622. The van der Waals surface area contributed by atoms with Crippen LogP contribution in [0.5, 0.6) is 6.01 Å². The highest BCUT2D eigenvalue weighted by molar-refractivity contribution is 9.10. The molecule has 0 spiro atoms. The van der Waals surface area contributed by atoms with E-state index in [-0.39, 0.29) is 12.0 Å². The van der Waals surface area contributed by atoms with Gasteiger partial charge in [0.1, 0.15) is 0 Å². The number of aromatic nitrogens is 3. The van der Waals surface area contributed by atoms with E-state index in [1.807, 2.05) is 32.0 Å². The van der Waals surface area contributed by atoms with Gasteiger partial charge in [-0.1, -0.05) is 13.0 Å². The Hall–Kier alpha value is -1.93. The minimum Gasteiger partial charge on any atom is -0.463 e. The highest BCUT2D eigenvalue weighted by atomic mass is 79.9. The van der Waals surface area contributed by atoms with Crippen LogP contribution in [-0.4, -0.2) is 21.6 Å². The fraction of sp³-hybridized carbons (Fsp3) is 0.308. The number of benzene rings is 1. The smallest absolute Gasteiger partial charge is 0.323 e. The first kappa shape index (κ1) is 15.5. The predicted molar refractivity (Wildman–Crippen MR) is 85.6 cm³/mol. The van der Waals surface area contributed by atoms with Gasteiger partial charge in [-0.15, -0.1) is 0 Å². The van der Waals surface area contributed by atoms with Crippen molar-refractivity contribution in [3.8, 4) is 6.01 Å². The van der Waals surface area contributed by atoms with Gasteiger partial charge in [0.15, 0.2) is 0 Å². The predicted octanol–water partition coefficient (Wildman–Crippen LogP) is 2.76. The lowest BCUT2D eigenvalue weighted by molar-refractivity contribution is 0.292. The molecule has 8 heteroatoms. The first-order valence-corrected chi connectivity index (χ1v) is 7.30. The SMILES string of the molecule is CCCOc1nc(NN)nc(Nc2ccc(C)cc2Br)n1. The molecule has 0 unspecified atom stereocenters. The van der Waals surface area contributed by atoms with Gasteiger partial charge in [0.25, 0.3) is 0 Å². The molecular weight excluding hydrogens is 336 g/mol. The van der Waals surface area contributed by atoms with E-state index in [0.717, 1.165) is 22.1 Å². The third-order valence-electron chi connectivity index (χ3n) is 2.55. The van der Waals surface area contributed by atoms with Gasteiger partial charge in [0, 0.05) is 4.47 Å². The molecule has 1 aromatic heterocycles. The summed E-state index contributed by atoms with van der Waals surface area (Å²) in [5, 5.41) is 3.11. The normalized spacial score (nSPS) is 10.3. The summed E-state index contributed by atoms with van der Waals surface area (Å²) in [6.07, 6.45) is 0.864. The highest BCUT2D eigenvalue weighted by Gasteiger charge is 2.08. The van der Waals surface area contributed by atoms with Gasteiger partial charge < -0.3 is 10.1 Å². The van der Waals surface area contributed by atoms with E-state index >= 15 is 0 Å². The van der Waals surface area contributed by atoms with Crippen LogP contribution in [0.4, 0.5) is 17.6 Å². The minimum absolute atomic E-state index is 0.227. The summed E-state index contributed by atoms with van der Waals surface area (Å²) >= 11 is 3.50. The van der Waals surface area contributed by atoms with E-state index < -0.39 is 0 Å². The number of nitrogens with two attached hydrogens (primary N) is 1. The van der Waals surface area contributed by atoms with Gasteiger partial charge in [0.2, 0.25) is 11.9 Å². The van der Waals surface area contributed by atoms with Crippen LogP contribution in [0, 0.1) is 6.92 Å². The Labute approximate surface area is 131 Å². The molecule has 0 aliphatic rings.